The predicted octanol–water partition coefficient (Wildman–Crippen LogP) is 2.14. The lowest BCUT2D eigenvalue weighted by atomic mass is 9.78. The molecule has 0 amide bonds. The molecule has 1 aliphatic carbocycles. The normalized spacial score (nSPS) is 28.5. The van der Waals surface area contributed by atoms with Crippen LogP contribution in [0.5, 0.6) is 11.5 Å². The number of methoxy groups -OCH3 is 1. The fourth-order valence-corrected chi connectivity index (χ4v) is 4.04. The summed E-state index contributed by atoms with van der Waals surface area (Å²) in [6.07, 6.45) is 6.12. The molecule has 1 saturated carbocycles. The van der Waals surface area contributed by atoms with Crippen LogP contribution in [0.1, 0.15) is 12.8 Å². The molecule has 1 saturated heterocycles. The Hall–Kier alpha value is -2.34. The van der Waals surface area contributed by atoms with Crippen LogP contribution in [-0.4, -0.2) is 47.5 Å². The number of para-hydroxylation sites is 2. The number of aliphatic hydroxyl groups excluding tert-OH is 1. The average molecular weight is 341 g/mol. The second-order valence-corrected chi connectivity index (χ2v) is 6.83. The summed E-state index contributed by atoms with van der Waals surface area (Å²) in [5.74, 6) is 3.26. The Balaban J connectivity index is 1.46. The third kappa shape index (κ3) is 3.26. The summed E-state index contributed by atoms with van der Waals surface area (Å²) >= 11 is 0. The summed E-state index contributed by atoms with van der Waals surface area (Å²) in [4.78, 5) is 10.8. The highest BCUT2D eigenvalue weighted by Crippen LogP contribution is 2.40. The third-order valence-corrected chi connectivity index (χ3v) is 5.31. The zero-order valence-electron chi connectivity index (χ0n) is 14.3. The number of aromatic nitrogens is 2. The molecule has 6 heteroatoms. The summed E-state index contributed by atoms with van der Waals surface area (Å²) in [6.45, 7) is 1.85. The molecule has 0 bridgehead atoms. The van der Waals surface area contributed by atoms with Gasteiger partial charge in [-0.25, -0.2) is 4.98 Å². The van der Waals surface area contributed by atoms with E-state index in [0.717, 1.165) is 31.7 Å². The summed E-state index contributed by atoms with van der Waals surface area (Å²) in [5, 5.41) is 10.6. The van der Waals surface area contributed by atoms with Gasteiger partial charge in [-0.3, -0.25) is 4.98 Å². The van der Waals surface area contributed by atoms with Crippen LogP contribution in [0.2, 0.25) is 0 Å². The van der Waals surface area contributed by atoms with Gasteiger partial charge < -0.3 is 19.5 Å². The predicted molar refractivity (Wildman–Crippen MR) is 93.9 cm³/mol. The van der Waals surface area contributed by atoms with E-state index in [1.165, 1.54) is 0 Å². The van der Waals surface area contributed by atoms with Gasteiger partial charge in [-0.05, 0) is 36.8 Å². The van der Waals surface area contributed by atoms with Crippen molar-refractivity contribution in [2.24, 2.45) is 11.8 Å². The minimum atomic E-state index is -0.465. The third-order valence-electron chi connectivity index (χ3n) is 5.31. The molecule has 2 aromatic rings. The van der Waals surface area contributed by atoms with Crippen molar-refractivity contribution >= 4 is 5.82 Å². The molecule has 132 valence electrons. The zero-order chi connectivity index (χ0) is 17.2. The van der Waals surface area contributed by atoms with E-state index in [9.17, 15) is 5.11 Å². The lowest BCUT2D eigenvalue weighted by Crippen LogP contribution is -2.42. The van der Waals surface area contributed by atoms with E-state index in [4.69, 9.17) is 9.47 Å². The summed E-state index contributed by atoms with van der Waals surface area (Å²) in [5.41, 5.74) is 0. The Labute approximate surface area is 147 Å². The van der Waals surface area contributed by atoms with E-state index in [-0.39, 0.29) is 6.10 Å². The molecular weight excluding hydrogens is 318 g/mol. The quantitative estimate of drug-likeness (QED) is 0.919. The Morgan fingerprint density at radius 2 is 1.84 bits per heavy atom. The maximum absolute atomic E-state index is 10.6. The number of hydrogen-bond acceptors (Lipinski definition) is 6. The van der Waals surface area contributed by atoms with Crippen LogP contribution in [0.4, 0.5) is 5.82 Å². The van der Waals surface area contributed by atoms with Gasteiger partial charge in [-0.1, -0.05) is 12.1 Å². The number of nitrogens with zero attached hydrogens (tertiary/aromatic N) is 3. The molecule has 4 rings (SSSR count). The van der Waals surface area contributed by atoms with Crippen molar-refractivity contribution in [3.05, 3.63) is 42.9 Å². The van der Waals surface area contributed by atoms with Crippen molar-refractivity contribution in [1.29, 1.82) is 0 Å². The van der Waals surface area contributed by atoms with Crippen LogP contribution >= 0.6 is 0 Å². The standard InChI is InChI=1S/C19H23N3O3/c1-24-16-4-2-3-5-17(16)25-18-9-14-12-22(11-13(14)8-15(18)23)19-10-20-6-7-21-19/h2-7,10,13-15,18,23H,8-9,11-12H2,1H3/t13-,14+,15+,18+/m0/s1. The fourth-order valence-electron chi connectivity index (χ4n) is 4.04. The van der Waals surface area contributed by atoms with E-state index >= 15 is 0 Å². The van der Waals surface area contributed by atoms with Crippen LogP contribution in [0, 0.1) is 11.8 Å². The number of rotatable bonds is 4. The average Bonchev–Trinajstić information content (AvgIpc) is 3.06. The van der Waals surface area contributed by atoms with Crippen LogP contribution in [0.3, 0.4) is 0 Å². The molecule has 0 spiro atoms. The van der Waals surface area contributed by atoms with Gasteiger partial charge in [0, 0.05) is 25.5 Å². The minimum absolute atomic E-state index is 0.209. The molecule has 0 radical (unpaired) electrons. The molecule has 25 heavy (non-hydrogen) atoms. The van der Waals surface area contributed by atoms with Gasteiger partial charge in [0.2, 0.25) is 0 Å². The van der Waals surface area contributed by atoms with Gasteiger partial charge in [-0.15, -0.1) is 0 Å². The molecule has 2 heterocycles. The number of anilines is 1. The molecule has 1 N–H and O–H groups in total. The summed E-state index contributed by atoms with van der Waals surface area (Å²) in [7, 11) is 1.63. The van der Waals surface area contributed by atoms with Crippen LogP contribution in [-0.2, 0) is 0 Å². The summed E-state index contributed by atoms with van der Waals surface area (Å²) in [6, 6.07) is 7.59. The maximum Gasteiger partial charge on any atom is 0.161 e. The van der Waals surface area contributed by atoms with Crippen molar-refractivity contribution in [3.8, 4) is 11.5 Å². The zero-order valence-corrected chi connectivity index (χ0v) is 14.3. The van der Waals surface area contributed by atoms with Gasteiger partial charge in [0.1, 0.15) is 11.9 Å². The molecule has 1 aromatic heterocycles. The molecule has 4 atom stereocenters. The number of hydrogen-bond donors (Lipinski definition) is 1. The number of fused-ring (bicyclic) bond motifs is 1. The molecular formula is C19H23N3O3. The van der Waals surface area contributed by atoms with Gasteiger partial charge in [-0.2, -0.15) is 0 Å². The first-order valence-electron chi connectivity index (χ1n) is 8.73. The van der Waals surface area contributed by atoms with Crippen molar-refractivity contribution in [2.75, 3.05) is 25.1 Å². The van der Waals surface area contributed by atoms with Crippen LogP contribution in [0.25, 0.3) is 0 Å². The van der Waals surface area contributed by atoms with Gasteiger partial charge in [0.25, 0.3) is 0 Å². The van der Waals surface area contributed by atoms with Gasteiger partial charge in [0.15, 0.2) is 11.5 Å². The Bertz CT molecular complexity index is 712. The smallest absolute Gasteiger partial charge is 0.161 e. The van der Waals surface area contributed by atoms with E-state index < -0.39 is 6.10 Å². The SMILES string of the molecule is COc1ccccc1O[C@@H]1C[C@@H]2CN(c3cnccn3)C[C@@H]2C[C@H]1O. The first kappa shape index (κ1) is 16.1. The van der Waals surface area contributed by atoms with Crippen LogP contribution < -0.4 is 14.4 Å². The Morgan fingerprint density at radius 1 is 1.08 bits per heavy atom. The van der Waals surface area contributed by atoms with E-state index in [2.05, 4.69) is 14.9 Å². The monoisotopic (exact) mass is 341 g/mol. The lowest BCUT2D eigenvalue weighted by Gasteiger charge is -2.35. The van der Waals surface area contributed by atoms with E-state index in [1.54, 1.807) is 25.7 Å². The van der Waals surface area contributed by atoms with Crippen molar-refractivity contribution in [2.45, 2.75) is 25.0 Å². The number of benzene rings is 1. The second-order valence-electron chi connectivity index (χ2n) is 6.83. The first-order valence-corrected chi connectivity index (χ1v) is 8.73. The molecule has 2 fully saturated rings. The molecule has 0 unspecified atom stereocenters. The first-order chi connectivity index (χ1) is 12.2. The van der Waals surface area contributed by atoms with Gasteiger partial charge >= 0.3 is 0 Å². The second kappa shape index (κ2) is 6.88. The topological polar surface area (TPSA) is 67.7 Å². The maximum atomic E-state index is 10.6. The van der Waals surface area contributed by atoms with E-state index in [0.29, 0.717) is 23.3 Å². The highest BCUT2D eigenvalue weighted by atomic mass is 16.5. The van der Waals surface area contributed by atoms with Crippen molar-refractivity contribution in [1.82, 2.24) is 9.97 Å². The molecule has 1 aliphatic heterocycles. The lowest BCUT2D eigenvalue weighted by molar-refractivity contribution is -0.0240. The van der Waals surface area contributed by atoms with Crippen molar-refractivity contribution in [3.63, 3.8) is 0 Å². The number of ether oxygens (including phenoxy) is 2. The molecule has 2 aliphatic rings. The van der Waals surface area contributed by atoms with Crippen molar-refractivity contribution < 1.29 is 14.6 Å². The highest BCUT2D eigenvalue weighted by Gasteiger charge is 2.43. The Kier molecular flexibility index (Phi) is 4.44. The van der Waals surface area contributed by atoms with Gasteiger partial charge in [0.05, 0.1) is 19.4 Å². The fraction of sp³-hybridized carbons (Fsp3) is 0.474. The van der Waals surface area contributed by atoms with E-state index in [1.807, 2.05) is 24.3 Å². The van der Waals surface area contributed by atoms with Crippen LogP contribution in [0.15, 0.2) is 42.9 Å². The highest BCUT2D eigenvalue weighted by molar-refractivity contribution is 5.40. The minimum Gasteiger partial charge on any atom is -0.493 e. The largest absolute Gasteiger partial charge is 0.493 e. The number of aliphatic hydroxyl groups is 1. The molecule has 6 nitrogen and oxygen atoms in total. The molecule has 1 aromatic carbocycles. The summed E-state index contributed by atoms with van der Waals surface area (Å²) < 4.78 is 11.5. The Morgan fingerprint density at radius 3 is 2.56 bits per heavy atom.